The summed E-state index contributed by atoms with van der Waals surface area (Å²) < 4.78 is 5.58. The molecule has 1 fully saturated rings. The second kappa shape index (κ2) is 6.73. The van der Waals surface area contributed by atoms with Crippen molar-refractivity contribution in [3.8, 4) is 0 Å². The lowest BCUT2D eigenvalue weighted by atomic mass is 10.1. The molecule has 2 unspecified atom stereocenters. The molecule has 0 saturated carbocycles. The first-order valence-electron chi connectivity index (χ1n) is 6.27. The zero-order valence-corrected chi connectivity index (χ0v) is 12.0. The number of rotatable bonds is 2. The Hall–Kier alpha value is -1.33. The van der Waals surface area contributed by atoms with Gasteiger partial charge >= 0.3 is 0 Å². The number of halogens is 1. The predicted octanol–water partition coefficient (Wildman–Crippen LogP) is 1.73. The highest BCUT2D eigenvalue weighted by molar-refractivity contribution is 5.93. The van der Waals surface area contributed by atoms with Crippen LogP contribution in [0.4, 0.5) is 5.82 Å². The average molecular weight is 286 g/mol. The van der Waals surface area contributed by atoms with Crippen LogP contribution in [-0.2, 0) is 4.74 Å². The van der Waals surface area contributed by atoms with Crippen LogP contribution in [0.15, 0.2) is 18.2 Å². The van der Waals surface area contributed by atoms with Gasteiger partial charge in [-0.1, -0.05) is 13.0 Å². The summed E-state index contributed by atoms with van der Waals surface area (Å²) in [5.74, 6) is 0.305. The van der Waals surface area contributed by atoms with Crippen molar-refractivity contribution in [2.75, 3.05) is 18.9 Å². The zero-order chi connectivity index (χ0) is 13.1. The minimum Gasteiger partial charge on any atom is -0.384 e. The summed E-state index contributed by atoms with van der Waals surface area (Å²) in [5.41, 5.74) is 6.02. The van der Waals surface area contributed by atoms with E-state index in [1.165, 1.54) is 0 Å². The number of nitrogens with zero attached hydrogens (tertiary/aromatic N) is 2. The van der Waals surface area contributed by atoms with Crippen LogP contribution in [0, 0.1) is 0 Å². The van der Waals surface area contributed by atoms with Gasteiger partial charge in [-0.2, -0.15) is 0 Å². The Balaban J connectivity index is 0.00000180. The van der Waals surface area contributed by atoms with Crippen molar-refractivity contribution in [1.29, 1.82) is 0 Å². The van der Waals surface area contributed by atoms with Crippen molar-refractivity contribution in [3.63, 3.8) is 0 Å². The van der Waals surface area contributed by atoms with Crippen LogP contribution in [0.3, 0.4) is 0 Å². The first kappa shape index (κ1) is 15.7. The number of anilines is 1. The highest BCUT2D eigenvalue weighted by Crippen LogP contribution is 2.17. The monoisotopic (exact) mass is 285 g/mol. The number of carbonyl (C=O) groups excluding carboxylic acids is 1. The van der Waals surface area contributed by atoms with Crippen LogP contribution in [0.5, 0.6) is 0 Å². The normalized spacial score (nSPS) is 22.7. The minimum atomic E-state index is -0.0655. The van der Waals surface area contributed by atoms with Crippen LogP contribution in [0.2, 0.25) is 0 Å². The maximum Gasteiger partial charge on any atom is 0.272 e. The van der Waals surface area contributed by atoms with Gasteiger partial charge in [0.2, 0.25) is 0 Å². The van der Waals surface area contributed by atoms with E-state index in [1.54, 1.807) is 18.2 Å². The molecule has 0 aliphatic carbocycles. The lowest BCUT2D eigenvalue weighted by molar-refractivity contribution is -0.0445. The van der Waals surface area contributed by atoms with Gasteiger partial charge in [0, 0.05) is 6.54 Å². The maximum atomic E-state index is 12.4. The molecule has 5 nitrogen and oxygen atoms in total. The first-order valence-corrected chi connectivity index (χ1v) is 6.27. The van der Waals surface area contributed by atoms with Crippen LogP contribution in [0.25, 0.3) is 0 Å². The number of ether oxygens (including phenoxy) is 1. The number of aromatic nitrogens is 1. The van der Waals surface area contributed by atoms with Crippen LogP contribution < -0.4 is 5.73 Å². The van der Waals surface area contributed by atoms with E-state index in [4.69, 9.17) is 10.5 Å². The number of nitrogen functional groups attached to an aromatic ring is 1. The molecule has 2 N–H and O–H groups in total. The topological polar surface area (TPSA) is 68.5 Å². The Bertz CT molecular complexity index is 442. The minimum absolute atomic E-state index is 0. The van der Waals surface area contributed by atoms with Crippen molar-refractivity contribution in [2.45, 2.75) is 32.4 Å². The van der Waals surface area contributed by atoms with Gasteiger partial charge in [-0.05, 0) is 25.5 Å². The maximum absolute atomic E-state index is 12.4. The molecule has 1 aliphatic rings. The van der Waals surface area contributed by atoms with Crippen LogP contribution in [-0.4, -0.2) is 41.1 Å². The molecule has 1 amide bonds. The molecule has 1 aliphatic heterocycles. The zero-order valence-electron chi connectivity index (χ0n) is 11.2. The number of hydrogen-bond donors (Lipinski definition) is 1. The van der Waals surface area contributed by atoms with Gasteiger partial charge in [-0.15, -0.1) is 12.4 Å². The second-order valence-electron chi connectivity index (χ2n) is 4.61. The lowest BCUT2D eigenvalue weighted by Gasteiger charge is -2.38. The molecule has 2 rings (SSSR count). The third-order valence-corrected chi connectivity index (χ3v) is 3.19. The van der Waals surface area contributed by atoms with Gasteiger partial charge in [0.05, 0.1) is 18.8 Å². The Kier molecular flexibility index (Phi) is 5.57. The molecule has 2 atom stereocenters. The fraction of sp³-hybridized carbons (Fsp3) is 0.538. The molecule has 0 bridgehead atoms. The molecule has 0 radical (unpaired) electrons. The second-order valence-corrected chi connectivity index (χ2v) is 4.61. The summed E-state index contributed by atoms with van der Waals surface area (Å²) in [7, 11) is 0. The van der Waals surface area contributed by atoms with Crippen LogP contribution in [0.1, 0.15) is 30.8 Å². The number of amides is 1. The third-order valence-electron chi connectivity index (χ3n) is 3.19. The van der Waals surface area contributed by atoms with E-state index in [9.17, 15) is 4.79 Å². The molecule has 1 saturated heterocycles. The third kappa shape index (κ3) is 3.58. The van der Waals surface area contributed by atoms with E-state index in [2.05, 4.69) is 11.9 Å². The van der Waals surface area contributed by atoms with Crippen molar-refractivity contribution in [1.82, 2.24) is 9.88 Å². The molecule has 0 spiro atoms. The highest BCUT2D eigenvalue weighted by atomic mass is 35.5. The van der Waals surface area contributed by atoms with Gasteiger partial charge in [-0.3, -0.25) is 4.79 Å². The summed E-state index contributed by atoms with van der Waals surface area (Å²) >= 11 is 0. The van der Waals surface area contributed by atoms with Gasteiger partial charge in [0.25, 0.3) is 5.91 Å². The van der Waals surface area contributed by atoms with Gasteiger partial charge in [0.15, 0.2) is 0 Å². The number of pyridine rings is 1. The number of carbonyl (C=O) groups is 1. The van der Waals surface area contributed by atoms with E-state index in [0.717, 1.165) is 6.42 Å². The average Bonchev–Trinajstić information content (AvgIpc) is 2.38. The largest absolute Gasteiger partial charge is 0.384 e. The smallest absolute Gasteiger partial charge is 0.272 e. The number of nitrogens with two attached hydrogens (primary N) is 1. The Morgan fingerprint density at radius 3 is 2.95 bits per heavy atom. The van der Waals surface area contributed by atoms with Crippen molar-refractivity contribution in [2.24, 2.45) is 0 Å². The summed E-state index contributed by atoms with van der Waals surface area (Å²) in [6.45, 7) is 5.22. The summed E-state index contributed by atoms with van der Waals surface area (Å²) in [6, 6.07) is 5.25. The highest BCUT2D eigenvalue weighted by Gasteiger charge is 2.30. The predicted molar refractivity (Wildman–Crippen MR) is 76.4 cm³/mol. The molecular weight excluding hydrogens is 266 g/mol. The number of morpholine rings is 1. The standard InChI is InChI=1S/C13H19N3O2.ClH/c1-3-10-8-18-9(2)7-16(10)13(17)11-5-4-6-12(14)15-11;/h4-6,9-10H,3,7-8H2,1-2H3,(H2,14,15);1H. The first-order chi connectivity index (χ1) is 8.61. The summed E-state index contributed by atoms with van der Waals surface area (Å²) in [5, 5.41) is 0. The van der Waals surface area contributed by atoms with Gasteiger partial charge in [0.1, 0.15) is 11.5 Å². The van der Waals surface area contributed by atoms with E-state index < -0.39 is 0 Å². The van der Waals surface area contributed by atoms with Gasteiger partial charge in [-0.25, -0.2) is 4.98 Å². The lowest BCUT2D eigenvalue weighted by Crippen LogP contribution is -2.51. The Morgan fingerprint density at radius 2 is 2.32 bits per heavy atom. The van der Waals surface area contributed by atoms with E-state index in [-0.39, 0.29) is 30.5 Å². The molecule has 2 heterocycles. The molecule has 1 aromatic rings. The fourth-order valence-corrected chi connectivity index (χ4v) is 2.15. The van der Waals surface area contributed by atoms with Crippen molar-refractivity contribution in [3.05, 3.63) is 23.9 Å². The van der Waals surface area contributed by atoms with Gasteiger partial charge < -0.3 is 15.4 Å². The van der Waals surface area contributed by atoms with Crippen LogP contribution >= 0.6 is 12.4 Å². The molecule has 19 heavy (non-hydrogen) atoms. The van der Waals surface area contributed by atoms with Crippen molar-refractivity contribution < 1.29 is 9.53 Å². The summed E-state index contributed by atoms with van der Waals surface area (Å²) in [4.78, 5) is 18.4. The van der Waals surface area contributed by atoms with E-state index in [0.29, 0.717) is 24.7 Å². The van der Waals surface area contributed by atoms with E-state index in [1.807, 2.05) is 11.8 Å². The van der Waals surface area contributed by atoms with E-state index >= 15 is 0 Å². The Labute approximate surface area is 119 Å². The summed E-state index contributed by atoms with van der Waals surface area (Å²) in [6.07, 6.45) is 0.943. The number of hydrogen-bond acceptors (Lipinski definition) is 4. The molecule has 106 valence electrons. The quantitative estimate of drug-likeness (QED) is 0.898. The Morgan fingerprint density at radius 1 is 1.58 bits per heavy atom. The SMILES string of the molecule is CCC1COC(C)CN1C(=O)c1cccc(N)n1.Cl. The molecule has 0 aromatic carbocycles. The van der Waals surface area contributed by atoms with Crippen molar-refractivity contribution >= 4 is 24.1 Å². The molecule has 6 heteroatoms. The molecular formula is C13H20ClN3O2. The molecule has 1 aromatic heterocycles. The fourth-order valence-electron chi connectivity index (χ4n) is 2.15.